The molecule has 5 nitrogen and oxygen atoms in total. The van der Waals surface area contributed by atoms with E-state index in [0.717, 1.165) is 11.1 Å². The Morgan fingerprint density at radius 1 is 0.913 bits per heavy atom. The van der Waals surface area contributed by atoms with Gasteiger partial charge in [-0.3, -0.25) is 0 Å². The van der Waals surface area contributed by atoms with Crippen LogP contribution in [0.4, 0.5) is 11.9 Å². The molecule has 1 aromatic heterocycles. The Bertz CT molecular complexity index is 836. The molecule has 0 aliphatic carbocycles. The van der Waals surface area contributed by atoms with E-state index < -0.39 is 0 Å². The number of aryl methyl sites for hydroxylation is 2. The van der Waals surface area contributed by atoms with Crippen molar-refractivity contribution in [2.75, 3.05) is 5.73 Å². The first kappa shape index (κ1) is 14.8. The largest absolute Gasteiger partial charge is 0.368 e. The molecule has 3 aromatic rings. The fraction of sp³-hybridized carbons (Fsp3) is 0.111. The predicted octanol–water partition coefficient (Wildman–Crippen LogP) is 3.49. The number of aliphatic imine (C=N–C) groups is 1. The number of rotatable bonds is 3. The van der Waals surface area contributed by atoms with Crippen LogP contribution in [0.2, 0.25) is 0 Å². The van der Waals surface area contributed by atoms with Gasteiger partial charge in [-0.25, -0.2) is 4.99 Å². The molecule has 0 amide bonds. The summed E-state index contributed by atoms with van der Waals surface area (Å²) >= 11 is 0. The molecule has 23 heavy (non-hydrogen) atoms. The molecule has 0 unspecified atom stereocenters. The number of aromatic nitrogens is 3. The van der Waals surface area contributed by atoms with Crippen molar-refractivity contribution in [3.63, 3.8) is 0 Å². The van der Waals surface area contributed by atoms with Crippen molar-refractivity contribution in [2.45, 2.75) is 13.8 Å². The van der Waals surface area contributed by atoms with Crippen LogP contribution < -0.4 is 5.73 Å². The van der Waals surface area contributed by atoms with Gasteiger partial charge in [-0.15, -0.1) is 0 Å². The van der Waals surface area contributed by atoms with Gasteiger partial charge >= 0.3 is 0 Å². The number of hydrogen-bond donors (Lipinski definition) is 1. The first-order chi connectivity index (χ1) is 11.1. The highest BCUT2D eigenvalue weighted by Gasteiger charge is 2.05. The molecular formula is C18H17N5. The van der Waals surface area contributed by atoms with Crippen LogP contribution in [0.25, 0.3) is 11.4 Å². The highest BCUT2D eigenvalue weighted by Crippen LogP contribution is 2.17. The first-order valence-corrected chi connectivity index (χ1v) is 7.29. The standard InChI is InChI=1S/C18H17N5/c1-12-8-13(2)10-14(9-12)11-20-18-22-16(21-17(19)23-18)15-6-4-3-5-7-15/h3-11H,1-2H3,(H2,19,21,22,23)/b20-11+. The van der Waals surface area contributed by atoms with Crippen LogP contribution in [0, 0.1) is 13.8 Å². The lowest BCUT2D eigenvalue weighted by atomic mass is 10.1. The maximum atomic E-state index is 5.78. The van der Waals surface area contributed by atoms with Crippen LogP contribution in [0.1, 0.15) is 16.7 Å². The summed E-state index contributed by atoms with van der Waals surface area (Å²) in [6, 6.07) is 15.9. The van der Waals surface area contributed by atoms with Gasteiger partial charge in [0.25, 0.3) is 5.95 Å². The summed E-state index contributed by atoms with van der Waals surface area (Å²) < 4.78 is 0. The predicted molar refractivity (Wildman–Crippen MR) is 92.8 cm³/mol. The summed E-state index contributed by atoms with van der Waals surface area (Å²) in [5.41, 5.74) is 10.0. The minimum absolute atomic E-state index is 0.159. The van der Waals surface area contributed by atoms with Crippen molar-refractivity contribution in [3.05, 3.63) is 65.2 Å². The van der Waals surface area contributed by atoms with E-state index in [9.17, 15) is 0 Å². The third-order valence-corrected chi connectivity index (χ3v) is 3.25. The van der Waals surface area contributed by atoms with E-state index in [1.807, 2.05) is 30.3 Å². The average molecular weight is 303 g/mol. The summed E-state index contributed by atoms with van der Waals surface area (Å²) in [5, 5.41) is 0. The maximum absolute atomic E-state index is 5.78. The highest BCUT2D eigenvalue weighted by molar-refractivity contribution is 5.82. The SMILES string of the molecule is Cc1cc(C)cc(/C=N/c2nc(N)nc(-c3ccccc3)n2)c1. The summed E-state index contributed by atoms with van der Waals surface area (Å²) in [5.74, 6) is 0.979. The van der Waals surface area contributed by atoms with E-state index in [1.165, 1.54) is 11.1 Å². The van der Waals surface area contributed by atoms with Gasteiger partial charge in [-0.2, -0.15) is 15.0 Å². The zero-order valence-corrected chi connectivity index (χ0v) is 13.1. The van der Waals surface area contributed by atoms with Crippen molar-refractivity contribution in [2.24, 2.45) is 4.99 Å². The minimum atomic E-state index is 0.159. The number of anilines is 1. The molecule has 0 aliphatic rings. The lowest BCUT2D eigenvalue weighted by Gasteiger charge is -2.02. The van der Waals surface area contributed by atoms with E-state index in [1.54, 1.807) is 6.21 Å². The Balaban J connectivity index is 1.94. The molecule has 0 saturated heterocycles. The molecule has 2 N–H and O–H groups in total. The topological polar surface area (TPSA) is 77.0 Å². The number of nitrogens with zero attached hydrogens (tertiary/aromatic N) is 4. The highest BCUT2D eigenvalue weighted by atomic mass is 15.2. The lowest BCUT2D eigenvalue weighted by molar-refractivity contribution is 1.06. The molecular weight excluding hydrogens is 286 g/mol. The van der Waals surface area contributed by atoms with E-state index in [2.05, 4.69) is 52.0 Å². The van der Waals surface area contributed by atoms with E-state index in [4.69, 9.17) is 5.73 Å². The molecule has 0 spiro atoms. The molecule has 0 radical (unpaired) electrons. The Hall–Kier alpha value is -3.08. The third kappa shape index (κ3) is 3.77. The summed E-state index contributed by atoms with van der Waals surface area (Å²) in [7, 11) is 0. The second kappa shape index (κ2) is 6.36. The van der Waals surface area contributed by atoms with E-state index in [-0.39, 0.29) is 5.95 Å². The van der Waals surface area contributed by atoms with Gasteiger partial charge in [0.05, 0.1) is 0 Å². The molecule has 0 aliphatic heterocycles. The van der Waals surface area contributed by atoms with Gasteiger partial charge in [-0.1, -0.05) is 59.7 Å². The Kier molecular flexibility index (Phi) is 4.10. The summed E-state index contributed by atoms with van der Waals surface area (Å²) in [6.07, 6.45) is 1.74. The first-order valence-electron chi connectivity index (χ1n) is 7.29. The van der Waals surface area contributed by atoms with Crippen molar-refractivity contribution in [1.82, 2.24) is 15.0 Å². The average Bonchev–Trinajstić information content (AvgIpc) is 2.52. The van der Waals surface area contributed by atoms with Crippen LogP contribution in [0.15, 0.2) is 53.5 Å². The monoisotopic (exact) mass is 303 g/mol. The zero-order valence-electron chi connectivity index (χ0n) is 13.1. The minimum Gasteiger partial charge on any atom is -0.368 e. The lowest BCUT2D eigenvalue weighted by Crippen LogP contribution is -1.99. The quantitative estimate of drug-likeness (QED) is 0.751. The molecule has 0 bridgehead atoms. The third-order valence-electron chi connectivity index (χ3n) is 3.25. The molecule has 0 fully saturated rings. The van der Waals surface area contributed by atoms with Crippen molar-refractivity contribution in [1.29, 1.82) is 0 Å². The van der Waals surface area contributed by atoms with Gasteiger partial charge in [0.2, 0.25) is 5.95 Å². The fourth-order valence-corrected chi connectivity index (χ4v) is 2.37. The maximum Gasteiger partial charge on any atom is 0.254 e. The molecule has 1 heterocycles. The van der Waals surface area contributed by atoms with Crippen LogP contribution in [0.3, 0.4) is 0 Å². The molecule has 114 valence electrons. The molecule has 2 aromatic carbocycles. The van der Waals surface area contributed by atoms with E-state index in [0.29, 0.717) is 11.8 Å². The van der Waals surface area contributed by atoms with Crippen molar-refractivity contribution in [3.8, 4) is 11.4 Å². The van der Waals surface area contributed by atoms with Gasteiger partial charge in [0.15, 0.2) is 5.82 Å². The smallest absolute Gasteiger partial charge is 0.254 e. The van der Waals surface area contributed by atoms with Crippen LogP contribution in [0.5, 0.6) is 0 Å². The normalized spacial score (nSPS) is 11.0. The number of nitrogen functional groups attached to an aromatic ring is 1. The fourth-order valence-electron chi connectivity index (χ4n) is 2.37. The van der Waals surface area contributed by atoms with Gasteiger partial charge < -0.3 is 5.73 Å². The molecule has 0 atom stereocenters. The van der Waals surface area contributed by atoms with Crippen molar-refractivity contribution < 1.29 is 0 Å². The molecule has 0 saturated carbocycles. The Morgan fingerprint density at radius 2 is 1.61 bits per heavy atom. The second-order valence-corrected chi connectivity index (χ2v) is 5.36. The van der Waals surface area contributed by atoms with Crippen LogP contribution in [-0.4, -0.2) is 21.2 Å². The Labute approximate surface area is 135 Å². The van der Waals surface area contributed by atoms with Crippen molar-refractivity contribution >= 4 is 18.1 Å². The number of nitrogens with two attached hydrogens (primary N) is 1. The molecule has 5 heteroatoms. The van der Waals surface area contributed by atoms with Gasteiger partial charge in [0, 0.05) is 11.8 Å². The second-order valence-electron chi connectivity index (χ2n) is 5.36. The van der Waals surface area contributed by atoms with Gasteiger partial charge in [-0.05, 0) is 19.4 Å². The van der Waals surface area contributed by atoms with Crippen LogP contribution >= 0.6 is 0 Å². The zero-order chi connectivity index (χ0) is 16.2. The van der Waals surface area contributed by atoms with Crippen LogP contribution in [-0.2, 0) is 0 Å². The number of hydrogen-bond acceptors (Lipinski definition) is 5. The Morgan fingerprint density at radius 3 is 2.30 bits per heavy atom. The summed E-state index contributed by atoms with van der Waals surface area (Å²) in [6.45, 7) is 4.11. The molecule has 3 rings (SSSR count). The summed E-state index contributed by atoms with van der Waals surface area (Å²) in [4.78, 5) is 16.9. The van der Waals surface area contributed by atoms with Gasteiger partial charge in [0.1, 0.15) is 0 Å². The van der Waals surface area contributed by atoms with E-state index >= 15 is 0 Å². The number of benzene rings is 2.